The van der Waals surface area contributed by atoms with Gasteiger partial charge < -0.3 is 15.7 Å². The summed E-state index contributed by atoms with van der Waals surface area (Å²) in [5, 5.41) is 13.7. The second-order valence-electron chi connectivity index (χ2n) is 5.15. The molecule has 2 aromatic carbocycles. The largest absolute Gasteiger partial charge is 0.418 e. The number of para-hydroxylation sites is 1. The van der Waals surface area contributed by atoms with Crippen LogP contribution < -0.4 is 10.6 Å². The molecule has 0 heterocycles. The van der Waals surface area contributed by atoms with E-state index in [2.05, 4.69) is 10.6 Å². The van der Waals surface area contributed by atoms with Gasteiger partial charge in [-0.3, -0.25) is 0 Å². The first-order valence-corrected chi connectivity index (χ1v) is 7.30. The van der Waals surface area contributed by atoms with Gasteiger partial charge in [-0.25, -0.2) is 4.79 Å². The van der Waals surface area contributed by atoms with E-state index in [9.17, 15) is 18.0 Å². The molecule has 3 N–H and O–H groups in total. The standard InChI is InChI=1S/C17H17F3N2O2/c18-17(19,20)14-3-1-2-4-15(14)22-16(24)21-10-9-12-5-7-13(11-23)8-6-12/h1-8,23H,9-11H2,(H2,21,22,24). The van der Waals surface area contributed by atoms with E-state index in [1.165, 1.54) is 18.2 Å². The van der Waals surface area contributed by atoms with Crippen molar-refractivity contribution in [3.05, 3.63) is 65.2 Å². The highest BCUT2D eigenvalue weighted by molar-refractivity contribution is 5.90. The molecular formula is C17H17F3N2O2. The van der Waals surface area contributed by atoms with Crippen LogP contribution >= 0.6 is 0 Å². The molecule has 0 aliphatic heterocycles. The quantitative estimate of drug-likeness (QED) is 0.781. The molecule has 0 bridgehead atoms. The number of aliphatic hydroxyl groups excluding tert-OH is 1. The lowest BCUT2D eigenvalue weighted by atomic mass is 10.1. The van der Waals surface area contributed by atoms with Crippen molar-refractivity contribution in [3.8, 4) is 0 Å². The molecule has 0 saturated carbocycles. The summed E-state index contributed by atoms with van der Waals surface area (Å²) in [5.74, 6) is 0. The Morgan fingerprint density at radius 3 is 2.25 bits per heavy atom. The van der Waals surface area contributed by atoms with Gasteiger partial charge in [0.2, 0.25) is 0 Å². The molecule has 0 fully saturated rings. The number of amides is 2. The third-order valence-corrected chi connectivity index (χ3v) is 3.39. The number of halogens is 3. The highest BCUT2D eigenvalue weighted by atomic mass is 19.4. The van der Waals surface area contributed by atoms with Gasteiger partial charge >= 0.3 is 12.2 Å². The average molecular weight is 338 g/mol. The van der Waals surface area contributed by atoms with Gasteiger partial charge in [-0.2, -0.15) is 13.2 Å². The van der Waals surface area contributed by atoms with E-state index in [0.29, 0.717) is 6.42 Å². The molecule has 0 aliphatic carbocycles. The number of nitrogens with one attached hydrogen (secondary N) is 2. The van der Waals surface area contributed by atoms with Crippen LogP contribution in [0.25, 0.3) is 0 Å². The Bertz CT molecular complexity index is 685. The van der Waals surface area contributed by atoms with Gasteiger partial charge in [-0.1, -0.05) is 36.4 Å². The maximum atomic E-state index is 12.8. The van der Waals surface area contributed by atoms with Crippen molar-refractivity contribution in [2.45, 2.75) is 19.2 Å². The smallest absolute Gasteiger partial charge is 0.392 e. The van der Waals surface area contributed by atoms with Gasteiger partial charge in [-0.15, -0.1) is 0 Å². The van der Waals surface area contributed by atoms with E-state index in [-0.39, 0.29) is 18.8 Å². The van der Waals surface area contributed by atoms with Crippen LogP contribution in [0.2, 0.25) is 0 Å². The van der Waals surface area contributed by atoms with Crippen molar-refractivity contribution in [2.75, 3.05) is 11.9 Å². The maximum absolute atomic E-state index is 12.8. The number of carbonyl (C=O) groups excluding carboxylic acids is 1. The number of alkyl halides is 3. The Balaban J connectivity index is 1.87. The molecule has 2 amide bonds. The lowest BCUT2D eigenvalue weighted by molar-refractivity contribution is -0.136. The van der Waals surface area contributed by atoms with Crippen LogP contribution in [0.5, 0.6) is 0 Å². The first-order chi connectivity index (χ1) is 11.4. The van der Waals surface area contributed by atoms with Crippen molar-refractivity contribution in [1.29, 1.82) is 0 Å². The first-order valence-electron chi connectivity index (χ1n) is 7.30. The van der Waals surface area contributed by atoms with Crippen LogP contribution in [0, 0.1) is 0 Å². The molecule has 0 radical (unpaired) electrons. The van der Waals surface area contributed by atoms with Crippen LogP contribution in [0.15, 0.2) is 48.5 Å². The summed E-state index contributed by atoms with van der Waals surface area (Å²) in [6, 6.07) is 11.3. The van der Waals surface area contributed by atoms with Crippen molar-refractivity contribution in [2.24, 2.45) is 0 Å². The van der Waals surface area contributed by atoms with Crippen molar-refractivity contribution in [3.63, 3.8) is 0 Å². The molecule has 0 spiro atoms. The Labute approximate surface area is 137 Å². The molecule has 128 valence electrons. The van der Waals surface area contributed by atoms with Gasteiger partial charge in [0.25, 0.3) is 0 Å². The molecule has 0 aromatic heterocycles. The summed E-state index contributed by atoms with van der Waals surface area (Å²) in [6.07, 6.45) is -4.00. The third kappa shape index (κ3) is 4.99. The minimum Gasteiger partial charge on any atom is -0.392 e. The number of hydrogen-bond donors (Lipinski definition) is 3. The Kier molecular flexibility index (Phi) is 5.81. The van der Waals surface area contributed by atoms with Crippen LogP contribution in [-0.4, -0.2) is 17.7 Å². The van der Waals surface area contributed by atoms with Crippen LogP contribution in [0.4, 0.5) is 23.7 Å². The lowest BCUT2D eigenvalue weighted by Crippen LogP contribution is -2.31. The summed E-state index contributed by atoms with van der Waals surface area (Å²) >= 11 is 0. The molecule has 24 heavy (non-hydrogen) atoms. The van der Waals surface area contributed by atoms with Gasteiger partial charge in [0.1, 0.15) is 0 Å². The van der Waals surface area contributed by atoms with E-state index in [1.807, 2.05) is 12.1 Å². The molecule has 0 atom stereocenters. The topological polar surface area (TPSA) is 61.4 Å². The predicted octanol–water partition coefficient (Wildman–Crippen LogP) is 3.56. The third-order valence-electron chi connectivity index (χ3n) is 3.39. The second-order valence-corrected chi connectivity index (χ2v) is 5.15. The molecule has 0 aliphatic rings. The van der Waals surface area contributed by atoms with E-state index in [0.717, 1.165) is 17.2 Å². The minimum atomic E-state index is -4.53. The highest BCUT2D eigenvalue weighted by Crippen LogP contribution is 2.34. The fraction of sp³-hybridized carbons (Fsp3) is 0.235. The number of benzene rings is 2. The Hall–Kier alpha value is -2.54. The van der Waals surface area contributed by atoms with Crippen LogP contribution in [0.3, 0.4) is 0 Å². The molecule has 4 nitrogen and oxygen atoms in total. The fourth-order valence-corrected chi connectivity index (χ4v) is 2.14. The molecular weight excluding hydrogens is 321 g/mol. The van der Waals surface area contributed by atoms with E-state index < -0.39 is 17.8 Å². The van der Waals surface area contributed by atoms with E-state index in [1.54, 1.807) is 12.1 Å². The second kappa shape index (κ2) is 7.83. The molecule has 7 heteroatoms. The van der Waals surface area contributed by atoms with Gasteiger partial charge in [0.15, 0.2) is 0 Å². The lowest BCUT2D eigenvalue weighted by Gasteiger charge is -2.14. The summed E-state index contributed by atoms with van der Waals surface area (Å²) in [5.41, 5.74) is 0.561. The monoisotopic (exact) mass is 338 g/mol. The predicted molar refractivity (Wildman–Crippen MR) is 84.5 cm³/mol. The molecule has 2 rings (SSSR count). The molecule has 2 aromatic rings. The summed E-state index contributed by atoms with van der Waals surface area (Å²) in [6.45, 7) is 0.234. The average Bonchev–Trinajstić information content (AvgIpc) is 2.55. The summed E-state index contributed by atoms with van der Waals surface area (Å²) in [4.78, 5) is 11.8. The molecule has 0 saturated heterocycles. The van der Waals surface area contributed by atoms with Crippen molar-refractivity contribution in [1.82, 2.24) is 5.32 Å². The SMILES string of the molecule is O=C(NCCc1ccc(CO)cc1)Nc1ccccc1C(F)(F)F. The minimum absolute atomic E-state index is 0.0421. The number of hydrogen-bond acceptors (Lipinski definition) is 2. The zero-order valence-corrected chi connectivity index (χ0v) is 12.7. The van der Waals surface area contributed by atoms with E-state index >= 15 is 0 Å². The fourth-order valence-electron chi connectivity index (χ4n) is 2.14. The number of rotatable bonds is 5. The number of anilines is 1. The van der Waals surface area contributed by atoms with Crippen molar-refractivity contribution < 1.29 is 23.1 Å². The van der Waals surface area contributed by atoms with Crippen LogP contribution in [-0.2, 0) is 19.2 Å². The number of carbonyl (C=O) groups is 1. The van der Waals surface area contributed by atoms with Gasteiger partial charge in [-0.05, 0) is 29.7 Å². The van der Waals surface area contributed by atoms with Crippen LogP contribution in [0.1, 0.15) is 16.7 Å². The van der Waals surface area contributed by atoms with Crippen molar-refractivity contribution >= 4 is 11.7 Å². The Morgan fingerprint density at radius 1 is 1.00 bits per heavy atom. The van der Waals surface area contributed by atoms with E-state index in [4.69, 9.17) is 5.11 Å². The number of urea groups is 1. The molecule has 0 unspecified atom stereocenters. The van der Waals surface area contributed by atoms with Gasteiger partial charge in [0, 0.05) is 6.54 Å². The summed E-state index contributed by atoms with van der Waals surface area (Å²) in [7, 11) is 0. The Morgan fingerprint density at radius 2 is 1.62 bits per heavy atom. The zero-order valence-electron chi connectivity index (χ0n) is 12.7. The normalized spacial score (nSPS) is 11.2. The highest BCUT2D eigenvalue weighted by Gasteiger charge is 2.33. The number of aliphatic hydroxyl groups is 1. The summed E-state index contributed by atoms with van der Waals surface area (Å²) < 4.78 is 38.5. The maximum Gasteiger partial charge on any atom is 0.418 e. The first kappa shape index (κ1) is 17.8. The zero-order chi connectivity index (χ0) is 17.6. The van der Waals surface area contributed by atoms with Gasteiger partial charge in [0.05, 0.1) is 17.9 Å².